The Morgan fingerprint density at radius 2 is 2.30 bits per heavy atom. The maximum atomic E-state index is 12.1. The van der Waals surface area contributed by atoms with Crippen molar-refractivity contribution in [2.75, 3.05) is 6.54 Å². The van der Waals surface area contributed by atoms with Gasteiger partial charge in [0, 0.05) is 32.3 Å². The quantitative estimate of drug-likeness (QED) is 0.790. The largest absolute Gasteiger partial charge is 0.450 e. The molecule has 0 unspecified atom stereocenters. The number of halogens is 1. The van der Waals surface area contributed by atoms with Crippen LogP contribution in [-0.4, -0.2) is 29.8 Å². The molecule has 0 aliphatic heterocycles. The van der Waals surface area contributed by atoms with Gasteiger partial charge in [0.05, 0.1) is 5.69 Å². The molecular formula is C11H14BrN3O4S. The summed E-state index contributed by atoms with van der Waals surface area (Å²) in [6.45, 7) is -0.131. The van der Waals surface area contributed by atoms with Gasteiger partial charge in [-0.2, -0.15) is 5.10 Å². The monoisotopic (exact) mass is 363 g/mol. The van der Waals surface area contributed by atoms with Crippen molar-refractivity contribution in [1.29, 1.82) is 0 Å². The first kappa shape index (κ1) is 15.2. The molecule has 2 rings (SSSR count). The van der Waals surface area contributed by atoms with Crippen LogP contribution in [0.5, 0.6) is 0 Å². The van der Waals surface area contributed by atoms with Crippen LogP contribution in [0.2, 0.25) is 0 Å². The number of nitrogens with one attached hydrogen (secondary N) is 1. The number of nitrogens with zero attached hydrogens (tertiary/aromatic N) is 2. The summed E-state index contributed by atoms with van der Waals surface area (Å²) in [5, 5.41) is 13.1. The van der Waals surface area contributed by atoms with E-state index >= 15 is 0 Å². The summed E-state index contributed by atoms with van der Waals surface area (Å²) >= 11 is 3.02. The molecule has 0 fully saturated rings. The van der Waals surface area contributed by atoms with E-state index < -0.39 is 10.0 Å². The standard InChI is InChI=1S/C11H14BrN3O4S/c1-15-5-3-8(14-15)2-4-13-20(17,18)10-6-9(7-16)19-11(10)12/h3,5-6,13,16H,2,4,7H2,1H3. The van der Waals surface area contributed by atoms with E-state index in [1.165, 1.54) is 6.07 Å². The van der Waals surface area contributed by atoms with Gasteiger partial charge in [-0.25, -0.2) is 13.1 Å². The Balaban J connectivity index is 2.01. The minimum atomic E-state index is -3.68. The maximum absolute atomic E-state index is 12.1. The third-order valence-corrected chi connectivity index (χ3v) is 4.91. The van der Waals surface area contributed by atoms with Gasteiger partial charge in [-0.15, -0.1) is 0 Å². The van der Waals surface area contributed by atoms with Crippen molar-refractivity contribution in [1.82, 2.24) is 14.5 Å². The van der Waals surface area contributed by atoms with Gasteiger partial charge < -0.3 is 9.52 Å². The van der Waals surface area contributed by atoms with Gasteiger partial charge >= 0.3 is 0 Å². The number of aliphatic hydroxyl groups is 1. The van der Waals surface area contributed by atoms with Crippen molar-refractivity contribution in [3.05, 3.63) is 34.5 Å². The SMILES string of the molecule is Cn1ccc(CCNS(=O)(=O)c2cc(CO)oc2Br)n1. The van der Waals surface area contributed by atoms with Crippen LogP contribution in [-0.2, 0) is 30.1 Å². The lowest BCUT2D eigenvalue weighted by atomic mass is 10.3. The molecule has 0 saturated carbocycles. The first-order chi connectivity index (χ1) is 9.42. The van der Waals surface area contributed by atoms with E-state index in [9.17, 15) is 8.42 Å². The van der Waals surface area contributed by atoms with Crippen LogP contribution in [0.3, 0.4) is 0 Å². The van der Waals surface area contributed by atoms with Gasteiger partial charge in [-0.3, -0.25) is 4.68 Å². The molecule has 0 bridgehead atoms. The van der Waals surface area contributed by atoms with Gasteiger partial charge in [0.1, 0.15) is 17.3 Å². The van der Waals surface area contributed by atoms with Crippen molar-refractivity contribution in [2.45, 2.75) is 17.9 Å². The average molecular weight is 364 g/mol. The Morgan fingerprint density at radius 3 is 2.85 bits per heavy atom. The third-order valence-electron chi connectivity index (χ3n) is 2.59. The smallest absolute Gasteiger partial charge is 0.244 e. The van der Waals surface area contributed by atoms with Gasteiger partial charge in [-0.05, 0) is 22.0 Å². The zero-order valence-corrected chi connectivity index (χ0v) is 13.1. The van der Waals surface area contributed by atoms with E-state index in [4.69, 9.17) is 9.52 Å². The maximum Gasteiger partial charge on any atom is 0.244 e. The van der Waals surface area contributed by atoms with Crippen LogP contribution >= 0.6 is 15.9 Å². The minimum absolute atomic E-state index is 0.0254. The summed E-state index contributed by atoms with van der Waals surface area (Å²) in [5.74, 6) is 0.182. The zero-order chi connectivity index (χ0) is 14.8. The Labute approximate surface area is 124 Å². The molecule has 110 valence electrons. The lowest BCUT2D eigenvalue weighted by Crippen LogP contribution is -2.26. The van der Waals surface area contributed by atoms with Crippen LogP contribution in [0.15, 0.2) is 32.3 Å². The Morgan fingerprint density at radius 1 is 1.55 bits per heavy atom. The number of aliphatic hydroxyl groups excluding tert-OH is 1. The van der Waals surface area contributed by atoms with Gasteiger partial charge in [0.25, 0.3) is 0 Å². The highest BCUT2D eigenvalue weighted by Gasteiger charge is 2.21. The van der Waals surface area contributed by atoms with Gasteiger partial charge in [0.2, 0.25) is 10.0 Å². The molecule has 2 N–H and O–H groups in total. The van der Waals surface area contributed by atoms with Crippen molar-refractivity contribution in [2.24, 2.45) is 7.05 Å². The number of rotatable bonds is 6. The molecule has 9 heteroatoms. The van der Waals surface area contributed by atoms with E-state index in [-0.39, 0.29) is 28.5 Å². The van der Waals surface area contributed by atoms with Crippen LogP contribution in [0, 0.1) is 0 Å². The third kappa shape index (κ3) is 3.48. The zero-order valence-electron chi connectivity index (χ0n) is 10.7. The second-order valence-corrected chi connectivity index (χ2v) is 6.59. The average Bonchev–Trinajstić information content (AvgIpc) is 2.95. The van der Waals surface area contributed by atoms with Crippen molar-refractivity contribution < 1.29 is 17.9 Å². The number of aryl methyl sites for hydroxylation is 1. The van der Waals surface area contributed by atoms with E-state index in [1.807, 2.05) is 6.07 Å². The molecule has 2 heterocycles. The van der Waals surface area contributed by atoms with Crippen LogP contribution in [0.1, 0.15) is 11.5 Å². The molecule has 0 spiro atoms. The first-order valence-electron chi connectivity index (χ1n) is 5.79. The summed E-state index contributed by atoms with van der Waals surface area (Å²) in [6, 6.07) is 3.11. The Kier molecular flexibility index (Phi) is 4.63. The van der Waals surface area contributed by atoms with E-state index in [0.717, 1.165) is 5.69 Å². The van der Waals surface area contributed by atoms with Gasteiger partial charge in [-0.1, -0.05) is 0 Å². The van der Waals surface area contributed by atoms with Crippen LogP contribution in [0.25, 0.3) is 0 Å². The molecule has 0 amide bonds. The highest BCUT2D eigenvalue weighted by atomic mass is 79.9. The number of furan rings is 1. The summed E-state index contributed by atoms with van der Waals surface area (Å²) in [5.41, 5.74) is 0.803. The fourth-order valence-corrected chi connectivity index (χ4v) is 3.67. The van der Waals surface area contributed by atoms with E-state index in [1.54, 1.807) is 17.9 Å². The molecule has 7 nitrogen and oxygen atoms in total. The molecule has 0 aliphatic carbocycles. The molecule has 0 radical (unpaired) electrons. The fourth-order valence-electron chi connectivity index (χ4n) is 1.65. The van der Waals surface area contributed by atoms with E-state index in [2.05, 4.69) is 25.8 Å². The van der Waals surface area contributed by atoms with Crippen molar-refractivity contribution in [3.63, 3.8) is 0 Å². The van der Waals surface area contributed by atoms with Crippen molar-refractivity contribution >= 4 is 26.0 Å². The predicted octanol–water partition coefficient (Wildman–Crippen LogP) is 0.789. The Hall–Kier alpha value is -1.16. The molecule has 0 aliphatic rings. The first-order valence-corrected chi connectivity index (χ1v) is 8.07. The summed E-state index contributed by atoms with van der Waals surface area (Å²) in [7, 11) is -1.88. The molecule has 0 aromatic carbocycles. The summed E-state index contributed by atoms with van der Waals surface area (Å²) < 4.78 is 33.4. The molecule has 2 aromatic rings. The fraction of sp³-hybridized carbons (Fsp3) is 0.364. The lowest BCUT2D eigenvalue weighted by Gasteiger charge is -2.03. The molecular weight excluding hydrogens is 350 g/mol. The number of hydrogen-bond donors (Lipinski definition) is 2. The molecule has 0 atom stereocenters. The number of aromatic nitrogens is 2. The Bertz CT molecular complexity index is 692. The molecule has 2 aromatic heterocycles. The van der Waals surface area contributed by atoms with E-state index in [0.29, 0.717) is 6.42 Å². The number of sulfonamides is 1. The second kappa shape index (κ2) is 6.08. The highest BCUT2D eigenvalue weighted by molar-refractivity contribution is 9.10. The normalized spacial score (nSPS) is 11.9. The molecule has 20 heavy (non-hydrogen) atoms. The van der Waals surface area contributed by atoms with Crippen molar-refractivity contribution in [3.8, 4) is 0 Å². The topological polar surface area (TPSA) is 97.4 Å². The predicted molar refractivity (Wildman–Crippen MR) is 74.4 cm³/mol. The highest BCUT2D eigenvalue weighted by Crippen LogP contribution is 2.25. The van der Waals surface area contributed by atoms with Gasteiger partial charge in [0.15, 0.2) is 4.67 Å². The second-order valence-electron chi connectivity index (χ2n) is 4.14. The number of hydrogen-bond acceptors (Lipinski definition) is 5. The minimum Gasteiger partial charge on any atom is -0.450 e. The molecule has 0 saturated heterocycles. The summed E-state index contributed by atoms with van der Waals surface area (Å²) in [4.78, 5) is -0.0254. The van der Waals surface area contributed by atoms with Crippen LogP contribution in [0.4, 0.5) is 0 Å². The van der Waals surface area contributed by atoms with Crippen LogP contribution < -0.4 is 4.72 Å². The lowest BCUT2D eigenvalue weighted by molar-refractivity contribution is 0.245. The summed E-state index contributed by atoms with van der Waals surface area (Å²) in [6.07, 6.45) is 2.28.